The molecule has 0 aromatic heterocycles. The quantitative estimate of drug-likeness (QED) is 0.497. The van der Waals surface area contributed by atoms with Crippen molar-refractivity contribution in [2.45, 2.75) is 50.5 Å². The normalized spacial score (nSPS) is 16.2. The fraction of sp³-hybridized carbons (Fsp3) is 0.458. The largest absolute Gasteiger partial charge is 0.489 e. The number of halogens is 1. The molecule has 0 radical (unpaired) electrons. The van der Waals surface area contributed by atoms with Crippen LogP contribution in [0.5, 0.6) is 5.75 Å². The summed E-state index contributed by atoms with van der Waals surface area (Å²) in [4.78, 5) is 12.8. The van der Waals surface area contributed by atoms with E-state index in [0.717, 1.165) is 25.0 Å². The van der Waals surface area contributed by atoms with E-state index in [4.69, 9.17) is 21.1 Å². The molecule has 1 atom stereocenters. The lowest BCUT2D eigenvalue weighted by Crippen LogP contribution is -2.30. The van der Waals surface area contributed by atoms with Crippen molar-refractivity contribution < 1.29 is 22.7 Å². The molecule has 0 aliphatic carbocycles. The van der Waals surface area contributed by atoms with Gasteiger partial charge in [-0.3, -0.25) is 4.79 Å². The molecule has 0 bridgehead atoms. The highest BCUT2D eigenvalue weighted by Crippen LogP contribution is 2.29. The zero-order chi connectivity index (χ0) is 23.8. The highest BCUT2D eigenvalue weighted by molar-refractivity contribution is 7.89. The van der Waals surface area contributed by atoms with Crippen LogP contribution in [0.1, 0.15) is 38.7 Å². The molecule has 2 aromatic carbocycles. The van der Waals surface area contributed by atoms with Crippen molar-refractivity contribution in [2.75, 3.05) is 31.6 Å². The molecule has 3 rings (SSSR count). The molecule has 1 saturated heterocycles. The zero-order valence-corrected chi connectivity index (χ0v) is 20.6. The van der Waals surface area contributed by atoms with Crippen LogP contribution in [-0.2, 0) is 26.0 Å². The number of benzene rings is 2. The van der Waals surface area contributed by atoms with Crippen LogP contribution in [0.15, 0.2) is 47.4 Å². The lowest BCUT2D eigenvalue weighted by atomic mass is 10.1. The fourth-order valence-electron chi connectivity index (χ4n) is 3.70. The Labute approximate surface area is 201 Å². The first-order chi connectivity index (χ1) is 15.8. The molecular formula is C24H31ClN2O5S. The van der Waals surface area contributed by atoms with Gasteiger partial charge in [0.1, 0.15) is 12.4 Å². The lowest BCUT2D eigenvalue weighted by molar-refractivity contribution is -0.116. The topological polar surface area (TPSA) is 84.9 Å². The first-order valence-corrected chi connectivity index (χ1v) is 13.1. The smallest absolute Gasteiger partial charge is 0.243 e. The molecule has 1 N–H and O–H groups in total. The van der Waals surface area contributed by atoms with Crippen LogP contribution in [0, 0.1) is 0 Å². The molecule has 0 saturated carbocycles. The summed E-state index contributed by atoms with van der Waals surface area (Å²) in [6.45, 7) is 5.64. The first kappa shape index (κ1) is 25.5. The van der Waals surface area contributed by atoms with Gasteiger partial charge in [-0.15, -0.1) is 0 Å². The van der Waals surface area contributed by atoms with E-state index in [2.05, 4.69) is 5.32 Å². The van der Waals surface area contributed by atoms with Gasteiger partial charge in [-0.05, 0) is 55.2 Å². The summed E-state index contributed by atoms with van der Waals surface area (Å²) in [6.07, 6.45) is 2.77. The average molecular weight is 495 g/mol. The van der Waals surface area contributed by atoms with Gasteiger partial charge in [0, 0.05) is 31.1 Å². The number of amides is 1. The van der Waals surface area contributed by atoms with Crippen LogP contribution in [0.3, 0.4) is 0 Å². The first-order valence-electron chi connectivity index (χ1n) is 11.3. The summed E-state index contributed by atoms with van der Waals surface area (Å²) < 4.78 is 38.1. The number of hydrogen-bond acceptors (Lipinski definition) is 5. The third kappa shape index (κ3) is 6.93. The van der Waals surface area contributed by atoms with E-state index < -0.39 is 10.0 Å². The Morgan fingerprint density at radius 3 is 2.55 bits per heavy atom. The summed E-state index contributed by atoms with van der Waals surface area (Å²) in [5.74, 6) is 0.369. The molecule has 9 heteroatoms. The predicted molar refractivity (Wildman–Crippen MR) is 129 cm³/mol. The van der Waals surface area contributed by atoms with Crippen LogP contribution in [0.2, 0.25) is 5.02 Å². The van der Waals surface area contributed by atoms with E-state index in [1.807, 2.05) is 13.8 Å². The predicted octanol–water partition coefficient (Wildman–Crippen LogP) is 4.50. The number of ether oxygens (including phenoxy) is 2. The molecule has 1 aliphatic heterocycles. The van der Waals surface area contributed by atoms with Gasteiger partial charge >= 0.3 is 0 Å². The second-order valence-corrected chi connectivity index (χ2v) is 10.2. The third-order valence-electron chi connectivity index (χ3n) is 5.57. The second kappa shape index (κ2) is 11.8. The number of rotatable bonds is 11. The molecular weight excluding hydrogens is 464 g/mol. The maximum Gasteiger partial charge on any atom is 0.243 e. The summed E-state index contributed by atoms with van der Waals surface area (Å²) in [5, 5.41) is 3.37. The number of aryl methyl sites for hydroxylation is 1. The third-order valence-corrected chi connectivity index (χ3v) is 7.87. The summed E-state index contributed by atoms with van der Waals surface area (Å²) in [7, 11) is -3.49. The minimum Gasteiger partial charge on any atom is -0.489 e. The van der Waals surface area contributed by atoms with E-state index in [1.165, 1.54) is 4.31 Å². The number of anilines is 1. The van der Waals surface area contributed by atoms with Crippen molar-refractivity contribution in [2.24, 2.45) is 0 Å². The minimum absolute atomic E-state index is 0.0674. The van der Waals surface area contributed by atoms with Crippen LogP contribution in [0.25, 0.3) is 0 Å². The van der Waals surface area contributed by atoms with Crippen LogP contribution in [0.4, 0.5) is 5.69 Å². The number of hydrogen-bond donors (Lipinski definition) is 1. The lowest BCUT2D eigenvalue weighted by Gasteiger charge is -2.18. The molecule has 1 amide bonds. The van der Waals surface area contributed by atoms with Crippen molar-refractivity contribution in [1.29, 1.82) is 0 Å². The van der Waals surface area contributed by atoms with Gasteiger partial charge in [0.15, 0.2) is 0 Å². The van der Waals surface area contributed by atoms with E-state index in [1.54, 1.807) is 42.5 Å². The number of nitrogens with one attached hydrogen (secondary N) is 1. The van der Waals surface area contributed by atoms with Gasteiger partial charge in [0.05, 0.1) is 16.7 Å². The van der Waals surface area contributed by atoms with Crippen LogP contribution in [-0.4, -0.2) is 51.0 Å². The molecule has 2 aromatic rings. The maximum absolute atomic E-state index is 12.6. The summed E-state index contributed by atoms with van der Waals surface area (Å²) in [6, 6.07) is 11.8. The van der Waals surface area contributed by atoms with Gasteiger partial charge in [-0.2, -0.15) is 4.31 Å². The van der Waals surface area contributed by atoms with Gasteiger partial charge in [0.2, 0.25) is 15.9 Å². The summed E-state index contributed by atoms with van der Waals surface area (Å²) >= 11 is 6.11. The molecule has 7 nitrogen and oxygen atoms in total. The Morgan fingerprint density at radius 1 is 1.18 bits per heavy atom. The number of sulfonamides is 1. The summed E-state index contributed by atoms with van der Waals surface area (Å²) in [5.41, 5.74) is 1.40. The average Bonchev–Trinajstić information content (AvgIpc) is 3.32. The molecule has 180 valence electrons. The monoisotopic (exact) mass is 494 g/mol. The molecule has 1 unspecified atom stereocenters. The van der Waals surface area contributed by atoms with E-state index in [-0.39, 0.29) is 23.3 Å². The Kier molecular flexibility index (Phi) is 9.14. The molecule has 0 spiro atoms. The van der Waals surface area contributed by atoms with Crippen molar-refractivity contribution in [1.82, 2.24) is 4.31 Å². The number of carbonyl (C=O) groups excluding carboxylic acids is 1. The van der Waals surface area contributed by atoms with Gasteiger partial charge in [0.25, 0.3) is 0 Å². The van der Waals surface area contributed by atoms with Crippen molar-refractivity contribution >= 4 is 33.2 Å². The second-order valence-electron chi connectivity index (χ2n) is 7.87. The Hall–Kier alpha value is -2.13. The highest BCUT2D eigenvalue weighted by Gasteiger charge is 2.21. The van der Waals surface area contributed by atoms with E-state index >= 15 is 0 Å². The Bertz CT molecular complexity index is 1030. The minimum atomic E-state index is -3.49. The zero-order valence-electron chi connectivity index (χ0n) is 19.1. The number of nitrogens with zero attached hydrogens (tertiary/aromatic N) is 1. The van der Waals surface area contributed by atoms with E-state index in [9.17, 15) is 13.2 Å². The van der Waals surface area contributed by atoms with E-state index in [0.29, 0.717) is 42.6 Å². The Morgan fingerprint density at radius 2 is 1.91 bits per heavy atom. The van der Waals surface area contributed by atoms with Crippen LogP contribution < -0.4 is 10.1 Å². The molecule has 1 heterocycles. The fourth-order valence-corrected chi connectivity index (χ4v) is 5.33. The van der Waals surface area contributed by atoms with Crippen molar-refractivity contribution in [3.8, 4) is 5.75 Å². The van der Waals surface area contributed by atoms with Crippen molar-refractivity contribution in [3.63, 3.8) is 0 Å². The molecule has 1 fully saturated rings. The Balaban J connectivity index is 1.57. The van der Waals surface area contributed by atoms with Gasteiger partial charge < -0.3 is 14.8 Å². The van der Waals surface area contributed by atoms with Crippen LogP contribution >= 0.6 is 11.6 Å². The SMILES string of the molecule is CCN(CC)S(=O)(=O)c1ccc(CCC(=O)Nc2cc(Cl)ccc2OCC2CCCO2)cc1. The standard InChI is InChI=1S/C24H31ClN2O5S/c1-3-27(4-2)33(29,30)21-11-7-18(8-12-21)9-14-24(28)26-22-16-19(25)10-13-23(22)32-17-20-6-5-15-31-20/h7-8,10-13,16,20H,3-6,9,14-15,17H2,1-2H3,(H,26,28). The van der Waals surface area contributed by atoms with Gasteiger partial charge in [-0.1, -0.05) is 37.6 Å². The molecule has 33 heavy (non-hydrogen) atoms. The maximum atomic E-state index is 12.6. The highest BCUT2D eigenvalue weighted by atomic mass is 35.5. The van der Waals surface area contributed by atoms with Gasteiger partial charge in [-0.25, -0.2) is 8.42 Å². The number of carbonyl (C=O) groups is 1. The molecule has 1 aliphatic rings. The van der Waals surface area contributed by atoms with Crippen molar-refractivity contribution in [3.05, 3.63) is 53.1 Å².